The highest BCUT2D eigenvalue weighted by molar-refractivity contribution is 6.43. The summed E-state index contributed by atoms with van der Waals surface area (Å²) >= 11 is 11.9. The maximum atomic E-state index is 12.1. The van der Waals surface area contributed by atoms with Crippen LogP contribution in [0.15, 0.2) is 18.2 Å². The number of likely N-dealkylation sites (tertiary alicyclic amines) is 1. The lowest BCUT2D eigenvalue weighted by Gasteiger charge is -2.30. The van der Waals surface area contributed by atoms with Gasteiger partial charge in [0.2, 0.25) is 5.91 Å². The summed E-state index contributed by atoms with van der Waals surface area (Å²) in [5.74, 6) is -0.161. The molecule has 2 amide bonds. The quantitative estimate of drug-likeness (QED) is 0.911. The summed E-state index contributed by atoms with van der Waals surface area (Å²) in [6.45, 7) is 0.517. The van der Waals surface area contributed by atoms with Crippen LogP contribution in [0.1, 0.15) is 23.2 Å². The molecule has 0 saturated carbocycles. The Balaban J connectivity index is 2.05. The van der Waals surface area contributed by atoms with Crippen LogP contribution in [0.5, 0.6) is 0 Å². The first kappa shape index (κ1) is 14.2. The molecule has 0 aliphatic carbocycles. The van der Waals surface area contributed by atoms with Crippen molar-refractivity contribution < 1.29 is 9.59 Å². The number of carbonyl (C=O) groups excluding carboxylic acids is 2. The van der Waals surface area contributed by atoms with E-state index in [1.165, 1.54) is 0 Å². The number of nitrogens with zero attached hydrogens (tertiary/aromatic N) is 1. The lowest BCUT2D eigenvalue weighted by molar-refractivity contribution is -0.132. The number of nitrogens with one attached hydrogen (secondary N) is 1. The van der Waals surface area contributed by atoms with Gasteiger partial charge in [0, 0.05) is 26.1 Å². The fourth-order valence-corrected chi connectivity index (χ4v) is 2.46. The van der Waals surface area contributed by atoms with Crippen LogP contribution < -0.4 is 5.32 Å². The molecule has 1 atom stereocenters. The van der Waals surface area contributed by atoms with Crippen molar-refractivity contribution in [3.8, 4) is 0 Å². The molecular formula is C13H14Cl2N2O2. The number of piperidine rings is 1. The molecule has 1 heterocycles. The Morgan fingerprint density at radius 1 is 1.42 bits per heavy atom. The number of hydrogen-bond acceptors (Lipinski definition) is 2. The lowest BCUT2D eigenvalue weighted by atomic mass is 10.1. The molecule has 1 N–H and O–H groups in total. The smallest absolute Gasteiger partial charge is 0.253 e. The molecule has 1 aromatic rings. The number of hydrogen-bond donors (Lipinski definition) is 1. The van der Waals surface area contributed by atoms with Gasteiger partial charge in [-0.3, -0.25) is 9.59 Å². The molecule has 2 rings (SSSR count). The van der Waals surface area contributed by atoms with Crippen molar-refractivity contribution in [2.24, 2.45) is 0 Å². The van der Waals surface area contributed by atoms with E-state index in [1.54, 1.807) is 30.1 Å². The van der Waals surface area contributed by atoms with Crippen LogP contribution in [0.4, 0.5) is 0 Å². The maximum Gasteiger partial charge on any atom is 0.253 e. The van der Waals surface area contributed by atoms with Crippen molar-refractivity contribution in [1.82, 2.24) is 10.2 Å². The van der Waals surface area contributed by atoms with Crippen molar-refractivity contribution in [2.45, 2.75) is 18.9 Å². The van der Waals surface area contributed by atoms with Crippen molar-refractivity contribution in [3.63, 3.8) is 0 Å². The minimum atomic E-state index is -0.264. The van der Waals surface area contributed by atoms with Gasteiger partial charge in [-0.25, -0.2) is 0 Å². The molecule has 0 spiro atoms. The Morgan fingerprint density at radius 2 is 2.16 bits per heavy atom. The van der Waals surface area contributed by atoms with Gasteiger partial charge in [-0.1, -0.05) is 29.3 Å². The predicted octanol–water partition coefficient (Wildman–Crippen LogP) is 2.34. The van der Waals surface area contributed by atoms with Crippen LogP contribution in [-0.2, 0) is 4.79 Å². The Morgan fingerprint density at radius 3 is 2.84 bits per heavy atom. The summed E-state index contributed by atoms with van der Waals surface area (Å²) in [5, 5.41) is 3.48. The third-order valence-electron chi connectivity index (χ3n) is 3.16. The molecule has 1 unspecified atom stereocenters. The van der Waals surface area contributed by atoms with E-state index in [0.29, 0.717) is 30.0 Å². The van der Waals surface area contributed by atoms with Crippen LogP contribution in [0, 0.1) is 0 Å². The summed E-state index contributed by atoms with van der Waals surface area (Å²) in [4.78, 5) is 25.1. The van der Waals surface area contributed by atoms with E-state index in [1.807, 2.05) is 0 Å². The van der Waals surface area contributed by atoms with Gasteiger partial charge in [0.1, 0.15) is 0 Å². The van der Waals surface area contributed by atoms with Gasteiger partial charge >= 0.3 is 0 Å². The summed E-state index contributed by atoms with van der Waals surface area (Å²) in [5.41, 5.74) is 0.355. The molecule has 0 aromatic heterocycles. The van der Waals surface area contributed by atoms with E-state index in [2.05, 4.69) is 5.32 Å². The van der Waals surface area contributed by atoms with E-state index in [9.17, 15) is 9.59 Å². The molecule has 19 heavy (non-hydrogen) atoms. The molecule has 1 aliphatic heterocycles. The molecule has 0 bridgehead atoms. The maximum absolute atomic E-state index is 12.1. The minimum absolute atomic E-state index is 0.0507. The van der Waals surface area contributed by atoms with Crippen LogP contribution in [0.25, 0.3) is 0 Å². The monoisotopic (exact) mass is 300 g/mol. The summed E-state index contributed by atoms with van der Waals surface area (Å²) in [7, 11) is 1.73. The van der Waals surface area contributed by atoms with E-state index >= 15 is 0 Å². The molecule has 0 radical (unpaired) electrons. The first-order chi connectivity index (χ1) is 8.99. The van der Waals surface area contributed by atoms with Gasteiger partial charge in [0.05, 0.1) is 15.6 Å². The van der Waals surface area contributed by atoms with E-state index in [4.69, 9.17) is 23.2 Å². The second-order valence-corrected chi connectivity index (χ2v) is 5.37. The number of carbonyl (C=O) groups is 2. The van der Waals surface area contributed by atoms with Crippen LogP contribution in [-0.4, -0.2) is 36.3 Å². The molecule has 1 saturated heterocycles. The zero-order chi connectivity index (χ0) is 14.0. The lowest BCUT2D eigenvalue weighted by Crippen LogP contribution is -2.48. The van der Waals surface area contributed by atoms with Crippen LogP contribution >= 0.6 is 23.2 Å². The molecule has 1 aliphatic rings. The molecule has 1 fully saturated rings. The number of benzene rings is 1. The highest BCUT2D eigenvalue weighted by atomic mass is 35.5. The van der Waals surface area contributed by atoms with Gasteiger partial charge in [-0.2, -0.15) is 0 Å². The number of likely N-dealkylation sites (N-methyl/N-ethyl adjacent to an activating group) is 1. The average molecular weight is 301 g/mol. The van der Waals surface area contributed by atoms with Gasteiger partial charge in [-0.05, 0) is 18.6 Å². The van der Waals surface area contributed by atoms with Gasteiger partial charge in [0.15, 0.2) is 0 Å². The van der Waals surface area contributed by atoms with E-state index < -0.39 is 0 Å². The van der Waals surface area contributed by atoms with Crippen molar-refractivity contribution in [2.75, 3.05) is 13.6 Å². The average Bonchev–Trinajstić information content (AvgIpc) is 2.37. The van der Waals surface area contributed by atoms with Crippen LogP contribution in [0.2, 0.25) is 10.0 Å². The number of halogens is 2. The van der Waals surface area contributed by atoms with Crippen LogP contribution in [0.3, 0.4) is 0 Å². The van der Waals surface area contributed by atoms with E-state index in [-0.39, 0.29) is 22.9 Å². The number of rotatable bonds is 2. The highest BCUT2D eigenvalue weighted by Gasteiger charge is 2.25. The Hall–Kier alpha value is -1.26. The third-order valence-corrected chi connectivity index (χ3v) is 3.98. The highest BCUT2D eigenvalue weighted by Crippen LogP contribution is 2.25. The molecular weight excluding hydrogens is 287 g/mol. The molecule has 4 nitrogen and oxygen atoms in total. The Bertz CT molecular complexity index is 519. The molecule has 1 aromatic carbocycles. The summed E-state index contributed by atoms with van der Waals surface area (Å²) in [6, 6.07) is 4.89. The SMILES string of the molecule is CN1CC(NC(=O)c2cccc(Cl)c2Cl)CCC1=O. The fourth-order valence-electron chi connectivity index (χ4n) is 2.07. The zero-order valence-electron chi connectivity index (χ0n) is 10.5. The molecule has 102 valence electrons. The standard InChI is InChI=1S/C13H14Cl2N2O2/c1-17-7-8(5-6-11(17)18)16-13(19)9-3-2-4-10(14)12(9)15/h2-4,8H,5-7H2,1H3,(H,16,19). The van der Waals surface area contributed by atoms with Gasteiger partial charge in [0.25, 0.3) is 5.91 Å². The topological polar surface area (TPSA) is 49.4 Å². The minimum Gasteiger partial charge on any atom is -0.347 e. The molecule has 6 heteroatoms. The summed E-state index contributed by atoms with van der Waals surface area (Å²) in [6.07, 6.45) is 1.10. The van der Waals surface area contributed by atoms with Gasteiger partial charge in [-0.15, -0.1) is 0 Å². The normalized spacial score (nSPS) is 19.4. The fraction of sp³-hybridized carbons (Fsp3) is 0.385. The van der Waals surface area contributed by atoms with Gasteiger partial charge < -0.3 is 10.2 Å². The number of amides is 2. The van der Waals surface area contributed by atoms with Crippen molar-refractivity contribution in [1.29, 1.82) is 0 Å². The first-order valence-electron chi connectivity index (χ1n) is 5.98. The Labute approximate surface area is 121 Å². The third kappa shape index (κ3) is 3.19. The Kier molecular flexibility index (Phi) is 4.32. The predicted molar refractivity (Wildman–Crippen MR) is 74.6 cm³/mol. The zero-order valence-corrected chi connectivity index (χ0v) is 12.0. The van der Waals surface area contributed by atoms with Crippen molar-refractivity contribution >= 4 is 35.0 Å². The first-order valence-corrected chi connectivity index (χ1v) is 6.73. The summed E-state index contributed by atoms with van der Waals surface area (Å²) < 4.78 is 0. The second-order valence-electron chi connectivity index (χ2n) is 4.58. The van der Waals surface area contributed by atoms with E-state index in [0.717, 1.165) is 0 Å². The second kappa shape index (κ2) is 5.80. The van der Waals surface area contributed by atoms with Crippen molar-refractivity contribution in [3.05, 3.63) is 33.8 Å². The largest absolute Gasteiger partial charge is 0.347 e.